The Morgan fingerprint density at radius 1 is 0.828 bits per heavy atom. The first-order valence-electron chi connectivity index (χ1n) is 9.24. The van der Waals surface area contributed by atoms with Crippen LogP contribution in [0.1, 0.15) is 11.1 Å². The van der Waals surface area contributed by atoms with E-state index in [0.29, 0.717) is 11.4 Å². The molecule has 0 radical (unpaired) electrons. The van der Waals surface area contributed by atoms with Crippen molar-refractivity contribution in [3.05, 3.63) is 102 Å². The van der Waals surface area contributed by atoms with E-state index >= 15 is 0 Å². The Balaban J connectivity index is 1.60. The number of furan rings is 1. The van der Waals surface area contributed by atoms with Crippen molar-refractivity contribution in [1.82, 2.24) is 4.98 Å². The Labute approximate surface area is 166 Å². The molecule has 5 nitrogen and oxygen atoms in total. The fraction of sp³-hybridized carbons (Fsp3) is 0. The summed E-state index contributed by atoms with van der Waals surface area (Å²) >= 11 is 0. The maximum Gasteiger partial charge on any atom is 0.228 e. The molecule has 0 bridgehead atoms. The van der Waals surface area contributed by atoms with Gasteiger partial charge in [-0.25, -0.2) is 4.98 Å². The van der Waals surface area contributed by atoms with Crippen LogP contribution in [0.4, 0.5) is 11.4 Å². The Kier molecular flexibility index (Phi) is 4.18. The highest BCUT2D eigenvalue weighted by Crippen LogP contribution is 2.33. The summed E-state index contributed by atoms with van der Waals surface area (Å²) in [5, 5.41) is 18.6. The van der Waals surface area contributed by atoms with Crippen LogP contribution in [0.5, 0.6) is 0 Å². The first-order valence-corrected chi connectivity index (χ1v) is 9.24. The first-order chi connectivity index (χ1) is 14.3. The maximum atomic E-state index is 9.62. The van der Waals surface area contributed by atoms with Crippen LogP contribution >= 0.6 is 0 Å². The predicted octanol–water partition coefficient (Wildman–Crippen LogP) is 5.95. The number of fused-ring (bicyclic) bond motifs is 2. The van der Waals surface area contributed by atoms with Gasteiger partial charge in [0.15, 0.2) is 0 Å². The molecule has 29 heavy (non-hydrogen) atoms. The van der Waals surface area contributed by atoms with Crippen LogP contribution in [0.3, 0.4) is 0 Å². The van der Waals surface area contributed by atoms with Gasteiger partial charge in [0.25, 0.3) is 0 Å². The average Bonchev–Trinajstić information content (AvgIpc) is 3.24. The summed E-state index contributed by atoms with van der Waals surface area (Å²) in [6.45, 7) is 0. The van der Waals surface area contributed by atoms with E-state index in [4.69, 9.17) is 4.42 Å². The molecule has 140 valence electrons. The molecule has 5 heteroatoms. The number of nitrogens with zero attached hydrogens (tertiary/aromatic N) is 2. The SMILES string of the molecule is O/N=C(\c1ccccc1)c1cccc(Nc2c3ccccc3nc3occc23)c1. The number of benzene rings is 3. The van der Waals surface area contributed by atoms with Gasteiger partial charge in [0.1, 0.15) is 5.71 Å². The molecule has 0 atom stereocenters. The van der Waals surface area contributed by atoms with Gasteiger partial charge in [0, 0.05) is 22.2 Å². The molecule has 0 fully saturated rings. The maximum absolute atomic E-state index is 9.62. The van der Waals surface area contributed by atoms with Crippen molar-refractivity contribution in [1.29, 1.82) is 0 Å². The van der Waals surface area contributed by atoms with Crippen molar-refractivity contribution in [3.8, 4) is 0 Å². The molecule has 0 spiro atoms. The van der Waals surface area contributed by atoms with Gasteiger partial charge in [-0.1, -0.05) is 65.8 Å². The lowest BCUT2D eigenvalue weighted by Crippen LogP contribution is -2.04. The summed E-state index contributed by atoms with van der Waals surface area (Å²) in [6.07, 6.45) is 1.64. The molecule has 3 aromatic carbocycles. The lowest BCUT2D eigenvalue weighted by atomic mass is 10.0. The molecular formula is C24H17N3O2. The zero-order chi connectivity index (χ0) is 19.6. The van der Waals surface area contributed by atoms with Crippen molar-refractivity contribution in [2.45, 2.75) is 0 Å². The third-order valence-corrected chi connectivity index (χ3v) is 4.86. The van der Waals surface area contributed by atoms with Gasteiger partial charge in [-0.05, 0) is 24.3 Å². The van der Waals surface area contributed by atoms with E-state index in [0.717, 1.165) is 38.8 Å². The molecular weight excluding hydrogens is 362 g/mol. The number of rotatable bonds is 4. The molecule has 0 aliphatic heterocycles. The second-order valence-electron chi connectivity index (χ2n) is 6.66. The van der Waals surface area contributed by atoms with E-state index < -0.39 is 0 Å². The van der Waals surface area contributed by atoms with Crippen LogP contribution < -0.4 is 5.32 Å². The normalized spacial score (nSPS) is 11.8. The van der Waals surface area contributed by atoms with Crippen LogP contribution in [-0.2, 0) is 0 Å². The Morgan fingerprint density at radius 2 is 1.62 bits per heavy atom. The Hall–Kier alpha value is -4.12. The van der Waals surface area contributed by atoms with Crippen LogP contribution in [-0.4, -0.2) is 15.9 Å². The van der Waals surface area contributed by atoms with Crippen LogP contribution in [0.25, 0.3) is 22.0 Å². The molecule has 2 N–H and O–H groups in total. The van der Waals surface area contributed by atoms with Gasteiger partial charge in [-0.3, -0.25) is 0 Å². The van der Waals surface area contributed by atoms with E-state index in [1.165, 1.54) is 0 Å². The Bertz CT molecular complexity index is 1340. The molecule has 0 unspecified atom stereocenters. The minimum Gasteiger partial charge on any atom is -0.446 e. The van der Waals surface area contributed by atoms with Gasteiger partial charge in [0.05, 0.1) is 22.9 Å². The highest BCUT2D eigenvalue weighted by atomic mass is 16.4. The number of pyridine rings is 1. The van der Waals surface area contributed by atoms with Crippen molar-refractivity contribution >= 4 is 39.1 Å². The van der Waals surface area contributed by atoms with Crippen LogP contribution in [0.15, 0.2) is 101 Å². The second kappa shape index (κ2) is 7.13. The largest absolute Gasteiger partial charge is 0.446 e. The summed E-state index contributed by atoms with van der Waals surface area (Å²) in [5.74, 6) is 0. The highest BCUT2D eigenvalue weighted by Gasteiger charge is 2.13. The van der Waals surface area contributed by atoms with Gasteiger partial charge in [-0.2, -0.15) is 0 Å². The zero-order valence-electron chi connectivity index (χ0n) is 15.4. The molecule has 0 amide bonds. The van der Waals surface area contributed by atoms with E-state index in [9.17, 15) is 5.21 Å². The van der Waals surface area contributed by atoms with E-state index in [2.05, 4.69) is 15.5 Å². The number of hydrogen-bond donors (Lipinski definition) is 2. The van der Waals surface area contributed by atoms with Gasteiger partial charge < -0.3 is 14.9 Å². The van der Waals surface area contributed by atoms with Crippen molar-refractivity contribution in [3.63, 3.8) is 0 Å². The van der Waals surface area contributed by atoms with E-state index in [1.54, 1.807) is 6.26 Å². The van der Waals surface area contributed by atoms with Crippen molar-refractivity contribution in [2.24, 2.45) is 5.16 Å². The van der Waals surface area contributed by atoms with Gasteiger partial charge in [0.2, 0.25) is 5.71 Å². The topological polar surface area (TPSA) is 70.7 Å². The highest BCUT2D eigenvalue weighted by molar-refractivity contribution is 6.13. The van der Waals surface area contributed by atoms with E-state index in [1.807, 2.05) is 84.9 Å². The standard InChI is InChI=1S/C24H17N3O2/c28-27-22(16-7-2-1-3-8-16)17-9-6-10-18(15-17)25-23-19-11-4-5-12-21(19)26-24-20(23)13-14-29-24/h1-15,28H,(H,25,26)/b27-22+. The van der Waals surface area contributed by atoms with E-state index in [-0.39, 0.29) is 0 Å². The summed E-state index contributed by atoms with van der Waals surface area (Å²) in [6, 6.07) is 27.2. The van der Waals surface area contributed by atoms with Gasteiger partial charge in [-0.15, -0.1) is 0 Å². The number of hydrogen-bond acceptors (Lipinski definition) is 5. The van der Waals surface area contributed by atoms with Crippen molar-refractivity contribution in [2.75, 3.05) is 5.32 Å². The zero-order valence-corrected chi connectivity index (χ0v) is 15.4. The minimum atomic E-state index is 0.516. The summed E-state index contributed by atoms with van der Waals surface area (Å²) < 4.78 is 5.54. The molecule has 0 saturated heterocycles. The second-order valence-corrected chi connectivity index (χ2v) is 6.66. The lowest BCUT2D eigenvalue weighted by molar-refractivity contribution is 0.319. The Morgan fingerprint density at radius 3 is 2.48 bits per heavy atom. The van der Waals surface area contributed by atoms with Crippen molar-refractivity contribution < 1.29 is 9.62 Å². The monoisotopic (exact) mass is 379 g/mol. The quantitative estimate of drug-likeness (QED) is 0.230. The average molecular weight is 379 g/mol. The first kappa shape index (κ1) is 17.0. The third kappa shape index (κ3) is 3.08. The summed E-state index contributed by atoms with van der Waals surface area (Å²) in [4.78, 5) is 4.58. The van der Waals surface area contributed by atoms with Crippen LogP contribution in [0.2, 0.25) is 0 Å². The summed E-state index contributed by atoms with van der Waals surface area (Å²) in [7, 11) is 0. The van der Waals surface area contributed by atoms with Gasteiger partial charge >= 0.3 is 0 Å². The molecule has 5 rings (SSSR count). The predicted molar refractivity (Wildman–Crippen MR) is 115 cm³/mol. The smallest absolute Gasteiger partial charge is 0.228 e. The number of para-hydroxylation sites is 1. The third-order valence-electron chi connectivity index (χ3n) is 4.86. The fourth-order valence-corrected chi connectivity index (χ4v) is 3.52. The molecule has 5 aromatic rings. The lowest BCUT2D eigenvalue weighted by Gasteiger charge is -2.12. The number of nitrogens with one attached hydrogen (secondary N) is 1. The minimum absolute atomic E-state index is 0.516. The summed E-state index contributed by atoms with van der Waals surface area (Å²) in [5.41, 5.74) is 5.42. The molecule has 2 heterocycles. The fourth-order valence-electron chi connectivity index (χ4n) is 3.52. The van der Waals surface area contributed by atoms with Crippen LogP contribution in [0, 0.1) is 0 Å². The molecule has 0 aliphatic carbocycles. The number of oxime groups is 1. The molecule has 0 aliphatic rings. The number of aromatic nitrogens is 1. The molecule has 0 saturated carbocycles. The number of anilines is 2. The molecule has 2 aromatic heterocycles.